The number of alkyl halides is 3. The van der Waals surface area contributed by atoms with E-state index in [-0.39, 0.29) is 18.8 Å². The normalized spacial score (nSPS) is 11.9. The van der Waals surface area contributed by atoms with Gasteiger partial charge in [0.2, 0.25) is 0 Å². The first-order valence-electron chi connectivity index (χ1n) is 5.26. The van der Waals surface area contributed by atoms with Gasteiger partial charge in [-0.25, -0.2) is 0 Å². The van der Waals surface area contributed by atoms with E-state index in [1.54, 1.807) is 18.9 Å². The Kier molecular flexibility index (Phi) is 7.12. The predicted molar refractivity (Wildman–Crippen MR) is 54.0 cm³/mol. The molecule has 0 saturated carbocycles. The molecule has 0 fully saturated rings. The molecule has 0 spiro atoms. The lowest BCUT2D eigenvalue weighted by Crippen LogP contribution is -2.24. The van der Waals surface area contributed by atoms with E-state index in [1.165, 1.54) is 0 Å². The number of nitrogens with zero attached hydrogens (tertiary/aromatic N) is 1. The molecular formula is C10H18F3NO2. The highest BCUT2D eigenvalue weighted by molar-refractivity contribution is 5.69. The van der Waals surface area contributed by atoms with Crippen molar-refractivity contribution < 1.29 is 22.7 Å². The Labute approximate surface area is 93.6 Å². The summed E-state index contributed by atoms with van der Waals surface area (Å²) in [7, 11) is 1.69. The quantitative estimate of drug-likeness (QED) is 0.640. The number of esters is 1. The lowest BCUT2D eigenvalue weighted by Gasteiger charge is -2.16. The number of carbonyl (C=O) groups excluding carboxylic acids is 1. The number of carbonyl (C=O) groups is 1. The van der Waals surface area contributed by atoms with E-state index in [0.717, 1.165) is 0 Å². The van der Waals surface area contributed by atoms with Crippen LogP contribution in [-0.4, -0.2) is 43.8 Å². The molecule has 3 nitrogen and oxygen atoms in total. The van der Waals surface area contributed by atoms with Gasteiger partial charge in [0.25, 0.3) is 0 Å². The van der Waals surface area contributed by atoms with Crippen molar-refractivity contribution >= 4 is 5.97 Å². The smallest absolute Gasteiger partial charge is 0.389 e. The molecule has 0 heterocycles. The first-order chi connectivity index (χ1) is 7.35. The second kappa shape index (κ2) is 7.49. The molecule has 0 aromatic carbocycles. The average Bonchev–Trinajstić information content (AvgIpc) is 2.13. The summed E-state index contributed by atoms with van der Waals surface area (Å²) in [6.07, 6.45) is -4.60. The molecule has 96 valence electrons. The maximum absolute atomic E-state index is 11.8. The Morgan fingerprint density at radius 1 is 1.31 bits per heavy atom. The number of rotatable bonds is 7. The van der Waals surface area contributed by atoms with Crippen molar-refractivity contribution in [2.75, 3.05) is 26.7 Å². The number of halogens is 3. The first-order valence-corrected chi connectivity index (χ1v) is 5.26. The van der Waals surface area contributed by atoms with Gasteiger partial charge >= 0.3 is 12.1 Å². The lowest BCUT2D eigenvalue weighted by molar-refractivity contribution is -0.144. The van der Waals surface area contributed by atoms with E-state index in [2.05, 4.69) is 0 Å². The fraction of sp³-hybridized carbons (Fsp3) is 0.900. The van der Waals surface area contributed by atoms with Crippen LogP contribution in [0.25, 0.3) is 0 Å². The minimum atomic E-state index is -4.10. The molecule has 0 saturated heterocycles. The predicted octanol–water partition coefficient (Wildman–Crippen LogP) is 2.21. The second-order valence-corrected chi connectivity index (χ2v) is 3.58. The maximum Gasteiger partial charge on any atom is 0.389 e. The van der Waals surface area contributed by atoms with Crippen molar-refractivity contribution in [3.8, 4) is 0 Å². The van der Waals surface area contributed by atoms with Crippen LogP contribution in [0.1, 0.15) is 26.2 Å². The Morgan fingerprint density at radius 2 is 1.94 bits per heavy atom. The molecule has 0 rings (SSSR count). The molecule has 0 aromatic heterocycles. The molecule has 0 atom stereocenters. The van der Waals surface area contributed by atoms with Gasteiger partial charge in [-0.2, -0.15) is 13.2 Å². The van der Waals surface area contributed by atoms with Crippen molar-refractivity contribution in [3.05, 3.63) is 0 Å². The van der Waals surface area contributed by atoms with Gasteiger partial charge in [-0.15, -0.1) is 0 Å². The summed E-state index contributed by atoms with van der Waals surface area (Å²) in [5.74, 6) is -0.315. The summed E-state index contributed by atoms with van der Waals surface area (Å²) in [6, 6.07) is 0. The maximum atomic E-state index is 11.8. The Balaban J connectivity index is 3.52. The molecule has 16 heavy (non-hydrogen) atoms. The SMILES string of the molecule is CCOC(=O)CCN(C)CCCC(F)(F)F. The van der Waals surface area contributed by atoms with Gasteiger partial charge in [-0.3, -0.25) is 4.79 Å². The van der Waals surface area contributed by atoms with Crippen LogP contribution in [0.5, 0.6) is 0 Å². The summed E-state index contributed by atoms with van der Waals surface area (Å²) in [5, 5.41) is 0. The molecule has 0 bridgehead atoms. The Morgan fingerprint density at radius 3 is 2.44 bits per heavy atom. The third-order valence-electron chi connectivity index (χ3n) is 2.00. The van der Waals surface area contributed by atoms with Crippen LogP contribution in [0.2, 0.25) is 0 Å². The number of hydrogen-bond donors (Lipinski definition) is 0. The zero-order valence-electron chi connectivity index (χ0n) is 9.64. The third kappa shape index (κ3) is 9.76. The van der Waals surface area contributed by atoms with Crippen molar-refractivity contribution in [2.24, 2.45) is 0 Å². The first kappa shape index (κ1) is 15.2. The van der Waals surface area contributed by atoms with E-state index in [0.29, 0.717) is 19.7 Å². The highest BCUT2D eigenvalue weighted by atomic mass is 19.4. The molecule has 6 heteroatoms. The molecule has 0 N–H and O–H groups in total. The lowest BCUT2D eigenvalue weighted by atomic mass is 10.3. The number of ether oxygens (including phenoxy) is 1. The van der Waals surface area contributed by atoms with Gasteiger partial charge < -0.3 is 9.64 Å². The highest BCUT2D eigenvalue weighted by Crippen LogP contribution is 2.21. The topological polar surface area (TPSA) is 29.5 Å². The van der Waals surface area contributed by atoms with Gasteiger partial charge in [-0.1, -0.05) is 0 Å². The van der Waals surface area contributed by atoms with Crippen LogP contribution >= 0.6 is 0 Å². The molecule has 0 aliphatic heterocycles. The third-order valence-corrected chi connectivity index (χ3v) is 2.00. The molecule has 0 aromatic rings. The van der Waals surface area contributed by atoms with Gasteiger partial charge in [0.15, 0.2) is 0 Å². The van der Waals surface area contributed by atoms with Crippen LogP contribution in [0.15, 0.2) is 0 Å². The van der Waals surface area contributed by atoms with E-state index in [9.17, 15) is 18.0 Å². The van der Waals surface area contributed by atoms with Crippen molar-refractivity contribution in [3.63, 3.8) is 0 Å². The summed E-state index contributed by atoms with van der Waals surface area (Å²) in [6.45, 7) is 2.80. The van der Waals surface area contributed by atoms with Gasteiger partial charge in [0.1, 0.15) is 0 Å². The van der Waals surface area contributed by atoms with Crippen LogP contribution in [-0.2, 0) is 9.53 Å². The van der Waals surface area contributed by atoms with Crippen molar-refractivity contribution in [2.45, 2.75) is 32.4 Å². The molecule has 0 amide bonds. The zero-order chi connectivity index (χ0) is 12.6. The fourth-order valence-corrected chi connectivity index (χ4v) is 1.18. The zero-order valence-corrected chi connectivity index (χ0v) is 9.64. The average molecular weight is 241 g/mol. The summed E-state index contributed by atoms with van der Waals surface area (Å²) in [5.41, 5.74) is 0. The second-order valence-electron chi connectivity index (χ2n) is 3.58. The standard InChI is InChI=1S/C10H18F3NO2/c1-3-16-9(15)5-8-14(2)7-4-6-10(11,12)13/h3-8H2,1-2H3. The fourth-order valence-electron chi connectivity index (χ4n) is 1.18. The van der Waals surface area contributed by atoms with E-state index in [1.807, 2.05) is 0 Å². The van der Waals surface area contributed by atoms with E-state index in [4.69, 9.17) is 4.74 Å². The van der Waals surface area contributed by atoms with E-state index < -0.39 is 12.6 Å². The molecule has 0 unspecified atom stereocenters. The molecule has 0 aliphatic carbocycles. The van der Waals surface area contributed by atoms with E-state index >= 15 is 0 Å². The largest absolute Gasteiger partial charge is 0.466 e. The van der Waals surface area contributed by atoms with Crippen LogP contribution in [0.3, 0.4) is 0 Å². The van der Waals surface area contributed by atoms with Gasteiger partial charge in [0, 0.05) is 13.0 Å². The summed E-state index contributed by atoms with van der Waals surface area (Å²) in [4.78, 5) is 12.6. The number of hydrogen-bond acceptors (Lipinski definition) is 3. The molecule has 0 radical (unpaired) electrons. The monoisotopic (exact) mass is 241 g/mol. The minimum Gasteiger partial charge on any atom is -0.466 e. The minimum absolute atomic E-state index is 0.0584. The Bertz CT molecular complexity index is 207. The summed E-state index contributed by atoms with van der Waals surface area (Å²) < 4.78 is 40.2. The van der Waals surface area contributed by atoms with Crippen molar-refractivity contribution in [1.29, 1.82) is 0 Å². The van der Waals surface area contributed by atoms with Gasteiger partial charge in [0.05, 0.1) is 13.0 Å². The van der Waals surface area contributed by atoms with Crippen molar-refractivity contribution in [1.82, 2.24) is 4.90 Å². The highest BCUT2D eigenvalue weighted by Gasteiger charge is 2.26. The molecule has 0 aliphatic rings. The molecular weight excluding hydrogens is 223 g/mol. The van der Waals surface area contributed by atoms with Crippen LogP contribution in [0, 0.1) is 0 Å². The van der Waals surface area contributed by atoms with Crippen LogP contribution in [0.4, 0.5) is 13.2 Å². The summed E-state index contributed by atoms with van der Waals surface area (Å²) >= 11 is 0. The Hall–Kier alpha value is -0.780. The van der Waals surface area contributed by atoms with Gasteiger partial charge in [-0.05, 0) is 26.9 Å². The van der Waals surface area contributed by atoms with Crippen LogP contribution < -0.4 is 0 Å².